The molecule has 2 N–H and O–H groups in total. The maximum absolute atomic E-state index is 12.5. The third-order valence-corrected chi connectivity index (χ3v) is 5.44. The summed E-state index contributed by atoms with van der Waals surface area (Å²) in [7, 11) is 2.66. The van der Waals surface area contributed by atoms with E-state index in [2.05, 4.69) is 16.0 Å². The molecule has 0 aliphatic carbocycles. The number of H-pyrrole nitrogens is 1. The number of hydrogen-bond acceptors (Lipinski definition) is 5. The van der Waals surface area contributed by atoms with E-state index in [1.165, 1.54) is 14.2 Å². The van der Waals surface area contributed by atoms with Crippen molar-refractivity contribution in [3.8, 4) is 22.8 Å². The van der Waals surface area contributed by atoms with Gasteiger partial charge >= 0.3 is 6.18 Å². The second-order valence-electron chi connectivity index (χ2n) is 7.77. The van der Waals surface area contributed by atoms with Crippen molar-refractivity contribution in [1.29, 1.82) is 0 Å². The molecule has 7 nitrogen and oxygen atoms in total. The zero-order valence-corrected chi connectivity index (χ0v) is 19.3. The minimum Gasteiger partial charge on any atom is -0.496 e. The highest BCUT2D eigenvalue weighted by molar-refractivity contribution is 6.00. The summed E-state index contributed by atoms with van der Waals surface area (Å²) in [4.78, 5) is 20.1. The van der Waals surface area contributed by atoms with Crippen LogP contribution < -0.4 is 14.8 Å². The van der Waals surface area contributed by atoms with Crippen LogP contribution in [0.25, 0.3) is 17.3 Å². The molecule has 0 saturated carbocycles. The third kappa shape index (κ3) is 6.40. The number of imidazole rings is 1. The number of hydrogen-bond donors (Lipinski definition) is 2. The van der Waals surface area contributed by atoms with Crippen LogP contribution in [0.3, 0.4) is 0 Å². The second-order valence-corrected chi connectivity index (χ2v) is 7.77. The van der Waals surface area contributed by atoms with E-state index in [-0.39, 0.29) is 17.1 Å². The predicted molar refractivity (Wildman–Crippen MR) is 122 cm³/mol. The minimum atomic E-state index is -4.54. The average molecular weight is 479 g/mol. The summed E-state index contributed by atoms with van der Waals surface area (Å²) in [6.07, 6.45) is 5.04. The molecule has 0 unspecified atom stereocenters. The molecular formula is C24H28F3N3O4. The van der Waals surface area contributed by atoms with Crippen molar-refractivity contribution in [3.63, 3.8) is 0 Å². The number of nitrogens with one attached hydrogen (secondary N) is 2. The van der Waals surface area contributed by atoms with Gasteiger partial charge in [-0.2, -0.15) is 13.2 Å². The zero-order chi connectivity index (χ0) is 24.7. The number of rotatable bonds is 8. The molecule has 1 aliphatic rings. The minimum absolute atomic E-state index is 0.0810. The highest BCUT2D eigenvalue weighted by atomic mass is 19.4. The maximum atomic E-state index is 12.5. The molecule has 1 amide bonds. The number of carbonyl (C=O) groups is 1. The lowest BCUT2D eigenvalue weighted by atomic mass is 9.90. The smallest absolute Gasteiger partial charge is 0.405 e. The molecule has 0 bridgehead atoms. The summed E-state index contributed by atoms with van der Waals surface area (Å²) in [5.74, 6) is 0.251. The maximum Gasteiger partial charge on any atom is 0.405 e. The second kappa shape index (κ2) is 11.2. The monoisotopic (exact) mass is 479 g/mol. The number of nitrogens with zero attached hydrogens (tertiary/aromatic N) is 1. The molecule has 2 heterocycles. The van der Waals surface area contributed by atoms with Crippen LogP contribution in [0.1, 0.15) is 35.9 Å². The lowest BCUT2D eigenvalue weighted by Crippen LogP contribution is -2.34. The summed E-state index contributed by atoms with van der Waals surface area (Å²) in [5.41, 5.74) is 2.27. The van der Waals surface area contributed by atoms with Gasteiger partial charge in [0.15, 0.2) is 0 Å². The Morgan fingerprint density at radius 3 is 2.44 bits per heavy atom. The molecule has 184 valence electrons. The number of amides is 1. The summed E-state index contributed by atoms with van der Waals surface area (Å²) in [5, 5.41) is 1.85. The Morgan fingerprint density at radius 2 is 1.88 bits per heavy atom. The fourth-order valence-electron chi connectivity index (χ4n) is 3.80. The number of aromatic nitrogens is 2. The van der Waals surface area contributed by atoms with Gasteiger partial charge in [0.25, 0.3) is 5.91 Å². The van der Waals surface area contributed by atoms with E-state index in [1.807, 2.05) is 24.4 Å². The quantitative estimate of drug-likeness (QED) is 0.533. The Kier molecular flexibility index (Phi) is 8.38. The SMILES string of the molecule is C/C=C\C(=C/c1ncc(-c2cc(OC)c(C(=O)NCC(F)(F)F)c(OC)c2)[nH]1)C1CCOCC1. The largest absolute Gasteiger partial charge is 0.496 e. The van der Waals surface area contributed by atoms with E-state index < -0.39 is 18.6 Å². The number of allylic oxidation sites excluding steroid dienone is 3. The number of ether oxygens (including phenoxy) is 3. The Morgan fingerprint density at radius 1 is 1.24 bits per heavy atom. The predicted octanol–water partition coefficient (Wildman–Crippen LogP) is 4.77. The Bertz CT molecular complexity index is 1030. The van der Waals surface area contributed by atoms with Gasteiger partial charge in [0.05, 0.1) is 26.1 Å². The number of carbonyl (C=O) groups excluding carboxylic acids is 1. The fourth-order valence-corrected chi connectivity index (χ4v) is 3.80. The van der Waals surface area contributed by atoms with Crippen LogP contribution in [0, 0.1) is 5.92 Å². The normalized spacial score (nSPS) is 15.5. The molecule has 3 rings (SSSR count). The average Bonchev–Trinajstić information content (AvgIpc) is 3.30. The van der Waals surface area contributed by atoms with Crippen LogP contribution in [0.5, 0.6) is 11.5 Å². The van der Waals surface area contributed by atoms with Crippen LogP contribution in [-0.2, 0) is 4.74 Å². The first-order chi connectivity index (χ1) is 16.3. The van der Waals surface area contributed by atoms with Crippen molar-refractivity contribution < 1.29 is 32.2 Å². The van der Waals surface area contributed by atoms with Gasteiger partial charge in [0, 0.05) is 18.8 Å². The van der Waals surface area contributed by atoms with Crippen LogP contribution in [0.2, 0.25) is 0 Å². The van der Waals surface area contributed by atoms with E-state index in [0.717, 1.165) is 31.6 Å². The van der Waals surface area contributed by atoms with Gasteiger partial charge in [0.2, 0.25) is 0 Å². The highest BCUT2D eigenvalue weighted by Crippen LogP contribution is 2.35. The molecule has 34 heavy (non-hydrogen) atoms. The van der Waals surface area contributed by atoms with E-state index in [9.17, 15) is 18.0 Å². The van der Waals surface area contributed by atoms with Gasteiger partial charge in [-0.15, -0.1) is 0 Å². The summed E-state index contributed by atoms with van der Waals surface area (Å²) < 4.78 is 53.7. The Balaban J connectivity index is 1.91. The Labute approximate surface area is 196 Å². The third-order valence-electron chi connectivity index (χ3n) is 5.44. The van der Waals surface area contributed by atoms with Crippen molar-refractivity contribution >= 4 is 12.0 Å². The summed E-state index contributed by atoms with van der Waals surface area (Å²) >= 11 is 0. The van der Waals surface area contributed by atoms with Crippen molar-refractivity contribution in [2.24, 2.45) is 5.92 Å². The molecule has 0 radical (unpaired) electrons. The number of halogens is 3. The zero-order valence-electron chi connectivity index (χ0n) is 19.3. The first-order valence-corrected chi connectivity index (χ1v) is 10.8. The van der Waals surface area contributed by atoms with Gasteiger partial charge in [-0.25, -0.2) is 4.98 Å². The molecule has 10 heteroatoms. The van der Waals surface area contributed by atoms with Crippen molar-refractivity contribution in [2.45, 2.75) is 25.9 Å². The Hall–Kier alpha value is -3.27. The number of alkyl halides is 3. The van der Waals surface area contributed by atoms with E-state index in [1.54, 1.807) is 18.3 Å². The van der Waals surface area contributed by atoms with E-state index >= 15 is 0 Å². The van der Waals surface area contributed by atoms with Gasteiger partial charge in [-0.3, -0.25) is 4.79 Å². The molecule has 1 aliphatic heterocycles. The summed E-state index contributed by atoms with van der Waals surface area (Å²) in [6, 6.07) is 3.11. The van der Waals surface area contributed by atoms with Gasteiger partial charge in [-0.05, 0) is 49.5 Å². The first-order valence-electron chi connectivity index (χ1n) is 10.8. The van der Waals surface area contributed by atoms with Crippen molar-refractivity contribution in [1.82, 2.24) is 15.3 Å². The summed E-state index contributed by atoms with van der Waals surface area (Å²) in [6.45, 7) is 1.96. The van der Waals surface area contributed by atoms with Gasteiger partial charge in [-0.1, -0.05) is 12.2 Å². The molecule has 1 saturated heterocycles. The standard InChI is InChI=1S/C24H28F3N3O4/c1-4-5-16(15-6-8-34-9-7-15)12-21-28-13-18(30-21)17-10-19(32-2)22(20(11-17)33-3)23(31)29-14-24(25,26)27/h4-5,10-13,15H,6-9,14H2,1-3H3,(H,28,30)(H,29,31)/b5-4-,16-12+. The van der Waals surface area contributed by atoms with Crippen LogP contribution in [0.4, 0.5) is 13.2 Å². The lowest BCUT2D eigenvalue weighted by Gasteiger charge is -2.23. The van der Waals surface area contributed by atoms with E-state index in [4.69, 9.17) is 14.2 Å². The van der Waals surface area contributed by atoms with Crippen LogP contribution in [0.15, 0.2) is 36.1 Å². The molecular weight excluding hydrogens is 451 g/mol. The van der Waals surface area contributed by atoms with E-state index in [0.29, 0.717) is 23.0 Å². The molecule has 1 aromatic heterocycles. The molecule has 0 spiro atoms. The van der Waals surface area contributed by atoms with Crippen LogP contribution in [-0.4, -0.2) is 56.0 Å². The topological polar surface area (TPSA) is 85.5 Å². The highest BCUT2D eigenvalue weighted by Gasteiger charge is 2.30. The van der Waals surface area contributed by atoms with Crippen molar-refractivity contribution in [3.05, 3.63) is 47.4 Å². The number of aromatic amines is 1. The van der Waals surface area contributed by atoms with Gasteiger partial charge < -0.3 is 24.5 Å². The first kappa shape index (κ1) is 25.4. The van der Waals surface area contributed by atoms with Crippen LogP contribution >= 0.6 is 0 Å². The molecule has 1 fully saturated rings. The molecule has 1 aromatic carbocycles. The lowest BCUT2D eigenvalue weighted by molar-refractivity contribution is -0.123. The molecule has 0 atom stereocenters. The fraction of sp³-hybridized carbons (Fsp3) is 0.417. The number of benzene rings is 1. The van der Waals surface area contributed by atoms with Gasteiger partial charge in [0.1, 0.15) is 29.4 Å². The number of methoxy groups -OCH3 is 2. The van der Waals surface area contributed by atoms with Crippen molar-refractivity contribution in [2.75, 3.05) is 34.0 Å². The molecule has 2 aromatic rings.